The van der Waals surface area contributed by atoms with E-state index < -0.39 is 16.1 Å². The highest BCUT2D eigenvalue weighted by atomic mass is 32.2. The third kappa shape index (κ3) is 4.24. The van der Waals surface area contributed by atoms with Crippen LogP contribution in [0.5, 0.6) is 0 Å². The zero-order valence-electron chi connectivity index (χ0n) is 16.3. The number of rotatable bonds is 6. The number of amides is 1. The van der Waals surface area contributed by atoms with Gasteiger partial charge < -0.3 is 5.32 Å². The quantitative estimate of drug-likeness (QED) is 0.640. The second-order valence-corrected chi connectivity index (χ2v) is 8.91. The van der Waals surface area contributed by atoms with Crippen LogP contribution in [0, 0.1) is 0 Å². The standard InChI is InChI=1S/C20H22N6O3S/c27-20(23-13-16-9-10-19(22-12-16)25-15-21-14-24-25)18-8-4-5-11-26(18)30(28,29)17-6-2-1-3-7-17/h1-3,6-7,9-10,12,14-15,18H,4-5,8,11,13H2,(H,23,27)/t18-/m1/s1. The third-order valence-corrected chi connectivity index (χ3v) is 6.96. The molecule has 3 heterocycles. The number of piperidine rings is 1. The van der Waals surface area contributed by atoms with Crippen LogP contribution in [0.4, 0.5) is 0 Å². The second kappa shape index (κ2) is 8.72. The molecule has 1 aliphatic rings. The maximum absolute atomic E-state index is 13.0. The van der Waals surface area contributed by atoms with E-state index in [0.717, 1.165) is 18.4 Å². The summed E-state index contributed by atoms with van der Waals surface area (Å²) in [4.78, 5) is 21.3. The number of sulfonamides is 1. The maximum atomic E-state index is 13.0. The Morgan fingerprint density at radius 3 is 2.67 bits per heavy atom. The Hall–Kier alpha value is -3.11. The van der Waals surface area contributed by atoms with E-state index in [1.165, 1.54) is 15.3 Å². The molecule has 2 aromatic heterocycles. The summed E-state index contributed by atoms with van der Waals surface area (Å²) in [6, 6.07) is 11.1. The number of carbonyl (C=O) groups excluding carboxylic acids is 1. The first-order valence-electron chi connectivity index (χ1n) is 9.70. The maximum Gasteiger partial charge on any atom is 0.243 e. The number of carbonyl (C=O) groups is 1. The number of aromatic nitrogens is 4. The summed E-state index contributed by atoms with van der Waals surface area (Å²) >= 11 is 0. The van der Waals surface area contributed by atoms with Gasteiger partial charge in [0.25, 0.3) is 0 Å². The molecule has 1 amide bonds. The van der Waals surface area contributed by atoms with Crippen LogP contribution in [0.25, 0.3) is 5.82 Å². The van der Waals surface area contributed by atoms with Gasteiger partial charge in [-0.2, -0.15) is 9.40 Å². The number of nitrogens with one attached hydrogen (secondary N) is 1. The average molecular weight is 427 g/mol. The molecule has 9 nitrogen and oxygen atoms in total. The zero-order valence-corrected chi connectivity index (χ0v) is 17.1. The van der Waals surface area contributed by atoms with E-state index in [0.29, 0.717) is 18.8 Å². The van der Waals surface area contributed by atoms with Gasteiger partial charge in [0.1, 0.15) is 18.7 Å². The van der Waals surface area contributed by atoms with E-state index in [2.05, 4.69) is 20.4 Å². The highest BCUT2D eigenvalue weighted by Gasteiger charge is 2.37. The predicted octanol–water partition coefficient (Wildman–Crippen LogP) is 1.52. The lowest BCUT2D eigenvalue weighted by atomic mass is 10.0. The summed E-state index contributed by atoms with van der Waals surface area (Å²) < 4.78 is 29.0. The minimum Gasteiger partial charge on any atom is -0.351 e. The molecular formula is C20H22N6O3S. The van der Waals surface area contributed by atoms with Gasteiger partial charge in [-0.1, -0.05) is 30.7 Å². The molecule has 10 heteroatoms. The molecule has 156 valence electrons. The van der Waals surface area contributed by atoms with Crippen LogP contribution in [0.3, 0.4) is 0 Å². The summed E-state index contributed by atoms with van der Waals surface area (Å²) in [5.41, 5.74) is 0.806. The molecule has 0 spiro atoms. The lowest BCUT2D eigenvalue weighted by Crippen LogP contribution is -2.51. The zero-order chi connectivity index (χ0) is 21.0. The highest BCUT2D eigenvalue weighted by Crippen LogP contribution is 2.25. The average Bonchev–Trinajstić information content (AvgIpc) is 3.33. The monoisotopic (exact) mass is 426 g/mol. The molecule has 1 saturated heterocycles. The Kier molecular flexibility index (Phi) is 5.86. The van der Waals surface area contributed by atoms with Gasteiger partial charge in [-0.15, -0.1) is 0 Å². The molecule has 1 fully saturated rings. The Morgan fingerprint density at radius 1 is 1.13 bits per heavy atom. The Morgan fingerprint density at radius 2 is 1.97 bits per heavy atom. The van der Waals surface area contributed by atoms with Gasteiger partial charge in [-0.3, -0.25) is 4.79 Å². The van der Waals surface area contributed by atoms with Crippen LogP contribution in [0.2, 0.25) is 0 Å². The summed E-state index contributed by atoms with van der Waals surface area (Å²) in [6.45, 7) is 0.600. The minimum atomic E-state index is -3.73. The molecule has 30 heavy (non-hydrogen) atoms. The molecule has 0 unspecified atom stereocenters. The van der Waals surface area contributed by atoms with Crippen LogP contribution in [-0.2, 0) is 21.4 Å². The summed E-state index contributed by atoms with van der Waals surface area (Å²) in [5.74, 6) is 0.324. The number of nitrogens with zero attached hydrogens (tertiary/aromatic N) is 5. The van der Waals surface area contributed by atoms with Crippen molar-refractivity contribution in [2.45, 2.75) is 36.7 Å². The summed E-state index contributed by atoms with van der Waals surface area (Å²) in [5, 5.41) is 6.88. The number of pyridine rings is 1. The SMILES string of the molecule is O=C(NCc1ccc(-n2cncn2)nc1)[C@H]1CCCCN1S(=O)(=O)c1ccccc1. The first kappa shape index (κ1) is 20.2. The van der Waals surface area contributed by atoms with Crippen molar-refractivity contribution in [1.29, 1.82) is 0 Å². The normalized spacial score (nSPS) is 17.5. The van der Waals surface area contributed by atoms with Crippen molar-refractivity contribution in [3.05, 3.63) is 66.9 Å². The van der Waals surface area contributed by atoms with Crippen molar-refractivity contribution in [1.82, 2.24) is 29.4 Å². The molecule has 0 aliphatic carbocycles. The van der Waals surface area contributed by atoms with Crippen molar-refractivity contribution in [2.75, 3.05) is 6.54 Å². The number of hydrogen-bond donors (Lipinski definition) is 1. The van der Waals surface area contributed by atoms with Gasteiger partial charge in [0, 0.05) is 19.3 Å². The van der Waals surface area contributed by atoms with Gasteiger partial charge >= 0.3 is 0 Å². The first-order valence-corrected chi connectivity index (χ1v) is 11.1. The topological polar surface area (TPSA) is 110 Å². The number of benzene rings is 1. The van der Waals surface area contributed by atoms with Crippen molar-refractivity contribution in [3.8, 4) is 5.82 Å². The van der Waals surface area contributed by atoms with Crippen molar-refractivity contribution in [2.24, 2.45) is 0 Å². The molecule has 0 saturated carbocycles. The van der Waals surface area contributed by atoms with Crippen molar-refractivity contribution < 1.29 is 13.2 Å². The Bertz CT molecular complexity index is 1090. The highest BCUT2D eigenvalue weighted by molar-refractivity contribution is 7.89. The molecule has 0 bridgehead atoms. The summed E-state index contributed by atoms with van der Waals surface area (Å²) in [7, 11) is -3.73. The molecule has 0 radical (unpaired) electrons. The number of hydrogen-bond acceptors (Lipinski definition) is 6. The fourth-order valence-electron chi connectivity index (χ4n) is 3.47. The van der Waals surface area contributed by atoms with E-state index in [1.807, 2.05) is 6.07 Å². The van der Waals surface area contributed by atoms with Gasteiger partial charge in [0.15, 0.2) is 5.82 Å². The molecule has 1 atom stereocenters. The molecule has 3 aromatic rings. The van der Waals surface area contributed by atoms with E-state index in [4.69, 9.17) is 0 Å². The van der Waals surface area contributed by atoms with Gasteiger partial charge in [-0.05, 0) is 36.6 Å². The van der Waals surface area contributed by atoms with Gasteiger partial charge in [0.2, 0.25) is 15.9 Å². The first-order chi connectivity index (χ1) is 14.6. The van der Waals surface area contributed by atoms with E-state index in [1.54, 1.807) is 48.9 Å². The predicted molar refractivity (Wildman–Crippen MR) is 109 cm³/mol. The Balaban J connectivity index is 1.44. The van der Waals surface area contributed by atoms with Crippen LogP contribution in [-0.4, -0.2) is 51.0 Å². The second-order valence-electron chi connectivity index (χ2n) is 7.02. The molecule has 1 aliphatic heterocycles. The van der Waals surface area contributed by atoms with Gasteiger partial charge in [0.05, 0.1) is 4.90 Å². The Labute approximate surface area is 174 Å². The fourth-order valence-corrected chi connectivity index (χ4v) is 5.15. The van der Waals surface area contributed by atoms with Crippen molar-refractivity contribution in [3.63, 3.8) is 0 Å². The molecule has 4 rings (SSSR count). The van der Waals surface area contributed by atoms with Crippen LogP contribution >= 0.6 is 0 Å². The lowest BCUT2D eigenvalue weighted by Gasteiger charge is -2.33. The summed E-state index contributed by atoms with van der Waals surface area (Å²) in [6.07, 6.45) is 6.68. The van der Waals surface area contributed by atoms with Crippen molar-refractivity contribution >= 4 is 15.9 Å². The van der Waals surface area contributed by atoms with E-state index in [-0.39, 0.29) is 17.3 Å². The smallest absolute Gasteiger partial charge is 0.243 e. The lowest BCUT2D eigenvalue weighted by molar-refractivity contribution is -0.125. The van der Waals surface area contributed by atoms with E-state index >= 15 is 0 Å². The largest absolute Gasteiger partial charge is 0.351 e. The third-order valence-electron chi connectivity index (χ3n) is 5.04. The molecule has 1 aromatic carbocycles. The molecule has 1 N–H and O–H groups in total. The van der Waals surface area contributed by atoms with Crippen LogP contribution in [0.1, 0.15) is 24.8 Å². The fraction of sp³-hybridized carbons (Fsp3) is 0.300. The van der Waals surface area contributed by atoms with Gasteiger partial charge in [-0.25, -0.2) is 23.1 Å². The minimum absolute atomic E-state index is 0.206. The molecular weight excluding hydrogens is 404 g/mol. The van der Waals surface area contributed by atoms with E-state index in [9.17, 15) is 13.2 Å². The van der Waals surface area contributed by atoms with Crippen LogP contribution in [0.15, 0.2) is 66.2 Å². The van der Waals surface area contributed by atoms with Crippen LogP contribution < -0.4 is 5.32 Å².